The summed E-state index contributed by atoms with van der Waals surface area (Å²) in [6.45, 7) is 19.9. The van der Waals surface area contributed by atoms with Crippen molar-refractivity contribution in [3.05, 3.63) is 69.6 Å². The van der Waals surface area contributed by atoms with E-state index in [0.717, 1.165) is 0 Å². The van der Waals surface area contributed by atoms with Gasteiger partial charge in [0.2, 0.25) is 6.54 Å². The summed E-state index contributed by atoms with van der Waals surface area (Å²) >= 11 is 0. The summed E-state index contributed by atoms with van der Waals surface area (Å²) in [5, 5.41) is 2.72. The van der Waals surface area contributed by atoms with Gasteiger partial charge in [0.05, 0.1) is 12.7 Å². The molecule has 1 fully saturated rings. The van der Waals surface area contributed by atoms with Gasteiger partial charge in [0.15, 0.2) is 6.23 Å². The Balaban J connectivity index is 0.00000588. The Morgan fingerprint density at radius 2 is 1.88 bits per heavy atom. The number of carbonyl (C=O) groups excluding carboxylic acids is 1. The van der Waals surface area contributed by atoms with Crippen LogP contribution < -0.4 is 11.0 Å². The molecule has 0 bridgehead atoms. The van der Waals surface area contributed by atoms with Crippen LogP contribution in [-0.2, 0) is 18.5 Å². The van der Waals surface area contributed by atoms with E-state index in [2.05, 4.69) is 47.5 Å². The first-order valence-electron chi connectivity index (χ1n) is 13.4. The van der Waals surface area contributed by atoms with Crippen molar-refractivity contribution in [1.29, 1.82) is 0 Å². The van der Waals surface area contributed by atoms with Crippen LogP contribution in [0, 0.1) is 19.4 Å². The zero-order chi connectivity index (χ0) is 29.4. The van der Waals surface area contributed by atoms with E-state index < -0.39 is 26.5 Å². The SMILES string of the molecule is C.[C-]#[N+]CCOP(OC[C@H]1O[C@@H](n2cc(C)c(NC(=O)c3ccccc3)nc2=O)[C@H](OC)[C@@H]1C)N(C(C)C)C(C)C. The van der Waals surface area contributed by atoms with Gasteiger partial charge in [0.1, 0.15) is 18.5 Å². The van der Waals surface area contributed by atoms with Gasteiger partial charge in [0.25, 0.3) is 14.4 Å². The van der Waals surface area contributed by atoms with Crippen LogP contribution in [0.3, 0.4) is 0 Å². The van der Waals surface area contributed by atoms with E-state index in [4.69, 9.17) is 25.1 Å². The third-order valence-electron chi connectivity index (χ3n) is 6.65. The lowest BCUT2D eigenvalue weighted by Gasteiger charge is -2.36. The van der Waals surface area contributed by atoms with E-state index in [1.165, 1.54) is 4.57 Å². The topological polar surface area (TPSA) is 109 Å². The normalized spacial score (nSPS) is 21.1. The van der Waals surface area contributed by atoms with Gasteiger partial charge in [-0.3, -0.25) is 9.36 Å². The molecule has 1 unspecified atom stereocenters. The second-order valence-corrected chi connectivity index (χ2v) is 11.7. The van der Waals surface area contributed by atoms with E-state index in [9.17, 15) is 9.59 Å². The molecule has 0 aliphatic carbocycles. The average molecular weight is 590 g/mol. The summed E-state index contributed by atoms with van der Waals surface area (Å²) in [6.07, 6.45) is 0.0853. The van der Waals surface area contributed by atoms with E-state index >= 15 is 0 Å². The van der Waals surface area contributed by atoms with Crippen LogP contribution in [0.4, 0.5) is 5.82 Å². The molecule has 1 saturated heterocycles. The zero-order valence-corrected chi connectivity index (χ0v) is 25.1. The van der Waals surface area contributed by atoms with Crippen molar-refractivity contribution < 1.29 is 23.3 Å². The third-order valence-corrected chi connectivity index (χ3v) is 8.72. The van der Waals surface area contributed by atoms with Crippen LogP contribution in [0.1, 0.15) is 64.2 Å². The number of ether oxygens (including phenoxy) is 2. The Morgan fingerprint density at radius 3 is 2.46 bits per heavy atom. The van der Waals surface area contributed by atoms with Crippen molar-refractivity contribution in [2.24, 2.45) is 5.92 Å². The quantitative estimate of drug-likeness (QED) is 0.191. The first kappa shape index (κ1) is 34.5. The van der Waals surface area contributed by atoms with Crippen LogP contribution in [0.2, 0.25) is 0 Å². The molecule has 1 amide bonds. The maximum Gasteiger partial charge on any atom is 0.351 e. The Bertz CT molecular complexity index is 1210. The highest BCUT2D eigenvalue weighted by molar-refractivity contribution is 7.44. The molecule has 5 atom stereocenters. The largest absolute Gasteiger partial charge is 0.376 e. The van der Waals surface area contributed by atoms with Gasteiger partial charge >= 0.3 is 5.69 Å². The van der Waals surface area contributed by atoms with Crippen molar-refractivity contribution in [3.63, 3.8) is 0 Å². The van der Waals surface area contributed by atoms with E-state index in [1.807, 2.05) is 13.0 Å². The van der Waals surface area contributed by atoms with Crippen molar-refractivity contribution >= 4 is 20.3 Å². The molecule has 1 aliphatic rings. The van der Waals surface area contributed by atoms with Crippen LogP contribution >= 0.6 is 8.53 Å². The summed E-state index contributed by atoms with van der Waals surface area (Å²) in [4.78, 5) is 33.2. The molecular formula is C29H44N5O6P. The second kappa shape index (κ2) is 16.1. The number of aryl methyl sites for hydroxylation is 1. The van der Waals surface area contributed by atoms with Crippen molar-refractivity contribution in [3.8, 4) is 0 Å². The number of hydrogen-bond donors (Lipinski definition) is 1. The molecule has 226 valence electrons. The standard InChI is InChI=1S/C28H40N5O6P.CH4/c1-18(2)33(19(3)4)40(37-15-14-29-7)38-17-23-21(6)24(36-8)27(39-23)32-16-20(5)25(31-28(32)35)30-26(34)22-12-10-9-11-13-22;/h9-13,16,18-19,21,23-24,27H,14-15,17H2,1-6,8H3,(H,30,31,34,35);1H4/t21-,23-,24-,27-,40?;/m1./s1. The molecule has 11 nitrogen and oxygen atoms in total. The average Bonchev–Trinajstić information content (AvgIpc) is 3.23. The fourth-order valence-electron chi connectivity index (χ4n) is 4.69. The number of aromatic nitrogens is 2. The van der Waals surface area contributed by atoms with Crippen LogP contribution in [0.5, 0.6) is 0 Å². The number of methoxy groups -OCH3 is 1. The first-order chi connectivity index (χ1) is 19.1. The number of rotatable bonds is 13. The number of anilines is 1. The van der Waals surface area contributed by atoms with Gasteiger partial charge in [-0.1, -0.05) is 32.5 Å². The first-order valence-corrected chi connectivity index (χ1v) is 14.5. The molecule has 12 heteroatoms. The minimum Gasteiger partial charge on any atom is -0.376 e. The highest BCUT2D eigenvalue weighted by atomic mass is 31.2. The molecule has 0 radical (unpaired) electrons. The molecule has 2 aromatic rings. The lowest BCUT2D eigenvalue weighted by molar-refractivity contribution is -0.0612. The van der Waals surface area contributed by atoms with E-state index in [-0.39, 0.29) is 63.0 Å². The summed E-state index contributed by atoms with van der Waals surface area (Å²) in [5.74, 6) is -0.260. The predicted octanol–water partition coefficient (Wildman–Crippen LogP) is 5.29. The van der Waals surface area contributed by atoms with Gasteiger partial charge < -0.3 is 28.7 Å². The fraction of sp³-hybridized carbons (Fsp3) is 0.586. The summed E-state index contributed by atoms with van der Waals surface area (Å²) in [6, 6.07) is 9.08. The van der Waals surface area contributed by atoms with E-state index in [1.54, 1.807) is 44.5 Å². The molecule has 1 aromatic heterocycles. The van der Waals surface area contributed by atoms with Gasteiger partial charge in [-0.2, -0.15) is 4.98 Å². The lowest BCUT2D eigenvalue weighted by atomic mass is 10.0. The molecule has 2 heterocycles. The third kappa shape index (κ3) is 8.65. The molecule has 1 aliphatic heterocycles. The fourth-order valence-corrected chi connectivity index (χ4v) is 6.30. The Kier molecular flexibility index (Phi) is 13.5. The Labute approximate surface area is 244 Å². The monoisotopic (exact) mass is 589 g/mol. The summed E-state index contributed by atoms with van der Waals surface area (Å²) in [5.41, 5.74) is 0.510. The molecule has 41 heavy (non-hydrogen) atoms. The van der Waals surface area contributed by atoms with Crippen LogP contribution in [-0.4, -0.2) is 71.3 Å². The number of nitrogens with zero attached hydrogens (tertiary/aromatic N) is 4. The van der Waals surface area contributed by atoms with Gasteiger partial charge in [0, 0.05) is 42.4 Å². The minimum absolute atomic E-state index is 0. The number of amides is 1. The number of hydrogen-bond acceptors (Lipinski definition) is 8. The predicted molar refractivity (Wildman–Crippen MR) is 161 cm³/mol. The lowest BCUT2D eigenvalue weighted by Crippen LogP contribution is -2.35. The molecule has 1 N–H and O–H groups in total. The second-order valence-electron chi connectivity index (χ2n) is 10.2. The number of benzene rings is 1. The molecule has 1 aromatic carbocycles. The van der Waals surface area contributed by atoms with Crippen molar-refractivity contribution in [2.75, 3.05) is 32.2 Å². The molecular weight excluding hydrogens is 545 g/mol. The Hall–Kier alpha value is -2.71. The zero-order valence-electron chi connectivity index (χ0n) is 24.2. The smallest absolute Gasteiger partial charge is 0.351 e. The molecule has 0 saturated carbocycles. The van der Waals surface area contributed by atoms with Crippen molar-refractivity contribution in [2.45, 2.75) is 79.5 Å². The summed E-state index contributed by atoms with van der Waals surface area (Å²) in [7, 11) is 0.151. The van der Waals surface area contributed by atoms with Crippen molar-refractivity contribution in [1.82, 2.24) is 14.2 Å². The van der Waals surface area contributed by atoms with Gasteiger partial charge in [-0.25, -0.2) is 16.0 Å². The maximum atomic E-state index is 13.1. The molecule has 0 spiro atoms. The minimum atomic E-state index is -1.43. The van der Waals surface area contributed by atoms with Gasteiger partial charge in [-0.05, 0) is 46.8 Å². The maximum absolute atomic E-state index is 13.1. The highest BCUT2D eigenvalue weighted by Crippen LogP contribution is 2.47. The van der Waals surface area contributed by atoms with Crippen LogP contribution in [0.15, 0.2) is 41.3 Å². The molecule has 3 rings (SSSR count). The van der Waals surface area contributed by atoms with Crippen LogP contribution in [0.25, 0.3) is 4.85 Å². The number of carbonyl (C=O) groups is 1. The van der Waals surface area contributed by atoms with E-state index in [0.29, 0.717) is 11.1 Å². The summed E-state index contributed by atoms with van der Waals surface area (Å²) < 4.78 is 28.0. The Morgan fingerprint density at radius 1 is 1.22 bits per heavy atom. The van der Waals surface area contributed by atoms with Gasteiger partial charge in [-0.15, -0.1) is 0 Å². The number of nitrogens with one attached hydrogen (secondary N) is 1. The highest BCUT2D eigenvalue weighted by Gasteiger charge is 2.44.